The van der Waals surface area contributed by atoms with Crippen LogP contribution in [0, 0.1) is 0 Å². The Balaban J connectivity index is 1.76. The van der Waals surface area contributed by atoms with Gasteiger partial charge in [-0.25, -0.2) is 0 Å². The molecule has 26 heavy (non-hydrogen) atoms. The molecule has 2 aromatic carbocycles. The van der Waals surface area contributed by atoms with E-state index >= 15 is 0 Å². The summed E-state index contributed by atoms with van der Waals surface area (Å²) in [5, 5.41) is 7.14. The lowest BCUT2D eigenvalue weighted by atomic mass is 10.1. The van der Waals surface area contributed by atoms with Gasteiger partial charge in [-0.2, -0.15) is 0 Å². The average Bonchev–Trinajstić information content (AvgIpc) is 2.66. The lowest BCUT2D eigenvalue weighted by Crippen LogP contribution is -2.30. The summed E-state index contributed by atoms with van der Waals surface area (Å²) in [6, 6.07) is 16.6. The molecule has 4 nitrogen and oxygen atoms in total. The van der Waals surface area contributed by atoms with Crippen molar-refractivity contribution in [3.8, 4) is 5.75 Å². The molecule has 0 bridgehead atoms. The van der Waals surface area contributed by atoms with Crippen molar-refractivity contribution >= 4 is 28.7 Å². The van der Waals surface area contributed by atoms with Gasteiger partial charge in [0.1, 0.15) is 5.75 Å². The average molecular weight is 372 g/mol. The number of hydrogen-bond donors (Lipinski definition) is 2. The number of nitrogens with one attached hydrogen (secondary N) is 2. The highest BCUT2D eigenvalue weighted by atomic mass is 32.1. The Morgan fingerprint density at radius 2 is 1.62 bits per heavy atom. The molecule has 0 aliphatic carbocycles. The fourth-order valence-electron chi connectivity index (χ4n) is 2.76. The van der Waals surface area contributed by atoms with E-state index in [1.165, 1.54) is 11.3 Å². The summed E-state index contributed by atoms with van der Waals surface area (Å²) < 4.78 is 5.46. The molecular formula is C21H29N3OS. The van der Waals surface area contributed by atoms with E-state index in [2.05, 4.69) is 65.8 Å². The van der Waals surface area contributed by atoms with Gasteiger partial charge in [-0.3, -0.25) is 0 Å². The van der Waals surface area contributed by atoms with Gasteiger partial charge in [-0.1, -0.05) is 12.1 Å². The Bertz CT molecular complexity index is 667. The van der Waals surface area contributed by atoms with Crippen LogP contribution < -0.4 is 20.3 Å². The second-order valence-corrected chi connectivity index (χ2v) is 6.34. The highest BCUT2D eigenvalue weighted by molar-refractivity contribution is 7.80. The van der Waals surface area contributed by atoms with E-state index in [0.29, 0.717) is 11.7 Å². The molecular weight excluding hydrogens is 342 g/mol. The van der Waals surface area contributed by atoms with E-state index in [4.69, 9.17) is 17.0 Å². The first-order valence-electron chi connectivity index (χ1n) is 9.27. The first-order valence-corrected chi connectivity index (χ1v) is 9.68. The van der Waals surface area contributed by atoms with Crippen LogP contribution in [0.4, 0.5) is 11.4 Å². The van der Waals surface area contributed by atoms with Gasteiger partial charge in [-0.05, 0) is 81.4 Å². The van der Waals surface area contributed by atoms with Crippen molar-refractivity contribution in [2.45, 2.75) is 27.2 Å². The molecule has 0 heterocycles. The Labute approximate surface area is 162 Å². The fourth-order valence-corrected chi connectivity index (χ4v) is 2.98. The fraction of sp³-hybridized carbons (Fsp3) is 0.381. The number of anilines is 2. The molecule has 140 valence electrons. The van der Waals surface area contributed by atoms with E-state index in [1.54, 1.807) is 0 Å². The lowest BCUT2D eigenvalue weighted by Gasteiger charge is -2.21. The van der Waals surface area contributed by atoms with Crippen LogP contribution in [0.5, 0.6) is 5.75 Å². The minimum absolute atomic E-state index is 0.645. The third-order valence-electron chi connectivity index (χ3n) is 4.19. The van der Waals surface area contributed by atoms with E-state index in [0.717, 1.165) is 37.5 Å². The van der Waals surface area contributed by atoms with Gasteiger partial charge in [0.2, 0.25) is 0 Å². The smallest absolute Gasteiger partial charge is 0.170 e. The molecule has 0 saturated heterocycles. The number of thiocarbonyl (C=S) groups is 1. The summed E-state index contributed by atoms with van der Waals surface area (Å²) in [5.41, 5.74) is 3.49. The largest absolute Gasteiger partial charge is 0.494 e. The third-order valence-corrected chi connectivity index (χ3v) is 4.43. The van der Waals surface area contributed by atoms with E-state index in [1.807, 2.05) is 19.1 Å². The van der Waals surface area contributed by atoms with Crippen LogP contribution in [-0.2, 0) is 6.42 Å². The van der Waals surface area contributed by atoms with Gasteiger partial charge in [0.05, 0.1) is 6.61 Å². The van der Waals surface area contributed by atoms with Crippen molar-refractivity contribution in [1.29, 1.82) is 0 Å². The SMILES string of the molecule is CCOc1ccc(CCNC(=S)Nc2ccc(N(CC)CC)cc2)cc1. The monoisotopic (exact) mass is 371 g/mol. The summed E-state index contributed by atoms with van der Waals surface area (Å²) in [7, 11) is 0. The van der Waals surface area contributed by atoms with Gasteiger partial charge >= 0.3 is 0 Å². The molecule has 0 saturated carbocycles. The van der Waals surface area contributed by atoms with Crippen LogP contribution >= 0.6 is 12.2 Å². The molecule has 0 aliphatic heterocycles. The zero-order valence-corrected chi connectivity index (χ0v) is 16.7. The molecule has 2 rings (SSSR count). The van der Waals surface area contributed by atoms with Gasteiger partial charge in [0.15, 0.2) is 5.11 Å². The molecule has 0 radical (unpaired) electrons. The van der Waals surface area contributed by atoms with Crippen LogP contribution in [-0.4, -0.2) is 31.4 Å². The highest BCUT2D eigenvalue weighted by Gasteiger charge is 2.03. The Hall–Kier alpha value is -2.27. The molecule has 0 aliphatic rings. The predicted molar refractivity (Wildman–Crippen MR) is 116 cm³/mol. The molecule has 0 amide bonds. The maximum Gasteiger partial charge on any atom is 0.170 e. The zero-order valence-electron chi connectivity index (χ0n) is 15.9. The summed E-state index contributed by atoms with van der Waals surface area (Å²) in [5.74, 6) is 0.912. The predicted octanol–water partition coefficient (Wildman–Crippen LogP) is 4.46. The standard InChI is InChI=1S/C21H29N3OS/c1-4-24(5-2)19-11-9-18(10-12-19)23-21(26)22-16-15-17-7-13-20(14-8-17)25-6-3/h7-14H,4-6,15-16H2,1-3H3,(H2,22,23,26). The maximum absolute atomic E-state index is 5.46. The number of nitrogens with zero attached hydrogens (tertiary/aromatic N) is 1. The molecule has 2 N–H and O–H groups in total. The molecule has 2 aromatic rings. The molecule has 0 atom stereocenters. The van der Waals surface area contributed by atoms with Gasteiger partial charge in [-0.15, -0.1) is 0 Å². The van der Waals surface area contributed by atoms with Crippen molar-refractivity contribution in [3.63, 3.8) is 0 Å². The lowest BCUT2D eigenvalue weighted by molar-refractivity contribution is 0.340. The first-order chi connectivity index (χ1) is 12.7. The summed E-state index contributed by atoms with van der Waals surface area (Å²) in [6.07, 6.45) is 0.912. The number of hydrogen-bond acceptors (Lipinski definition) is 3. The summed E-state index contributed by atoms with van der Waals surface area (Å²) >= 11 is 5.38. The third kappa shape index (κ3) is 6.23. The molecule has 0 unspecified atom stereocenters. The second kappa shape index (κ2) is 10.7. The van der Waals surface area contributed by atoms with E-state index < -0.39 is 0 Å². The Kier molecular flexibility index (Phi) is 8.22. The van der Waals surface area contributed by atoms with Crippen molar-refractivity contribution in [2.24, 2.45) is 0 Å². The first kappa shape index (κ1) is 20.0. The van der Waals surface area contributed by atoms with Crippen molar-refractivity contribution in [1.82, 2.24) is 5.32 Å². The topological polar surface area (TPSA) is 36.5 Å². The van der Waals surface area contributed by atoms with Crippen LogP contribution in [0.25, 0.3) is 0 Å². The van der Waals surface area contributed by atoms with Crippen molar-refractivity contribution < 1.29 is 4.74 Å². The second-order valence-electron chi connectivity index (χ2n) is 5.93. The van der Waals surface area contributed by atoms with Crippen LogP contribution in [0.15, 0.2) is 48.5 Å². The summed E-state index contributed by atoms with van der Waals surface area (Å²) in [4.78, 5) is 2.32. The zero-order chi connectivity index (χ0) is 18.8. The van der Waals surface area contributed by atoms with E-state index in [-0.39, 0.29) is 0 Å². The Morgan fingerprint density at radius 3 is 2.19 bits per heavy atom. The normalized spacial score (nSPS) is 10.3. The summed E-state index contributed by atoms with van der Waals surface area (Å²) in [6.45, 7) is 9.82. The minimum Gasteiger partial charge on any atom is -0.494 e. The van der Waals surface area contributed by atoms with Crippen LogP contribution in [0.1, 0.15) is 26.3 Å². The van der Waals surface area contributed by atoms with Crippen LogP contribution in [0.3, 0.4) is 0 Å². The molecule has 0 spiro atoms. The number of ether oxygens (including phenoxy) is 1. The van der Waals surface area contributed by atoms with Gasteiger partial charge in [0.25, 0.3) is 0 Å². The minimum atomic E-state index is 0.645. The van der Waals surface area contributed by atoms with Crippen molar-refractivity contribution in [2.75, 3.05) is 36.5 Å². The van der Waals surface area contributed by atoms with Gasteiger partial charge < -0.3 is 20.3 Å². The maximum atomic E-state index is 5.46. The molecule has 0 aromatic heterocycles. The number of benzene rings is 2. The van der Waals surface area contributed by atoms with E-state index in [9.17, 15) is 0 Å². The van der Waals surface area contributed by atoms with Crippen LogP contribution in [0.2, 0.25) is 0 Å². The Morgan fingerprint density at radius 1 is 0.962 bits per heavy atom. The number of rotatable bonds is 9. The van der Waals surface area contributed by atoms with Gasteiger partial charge in [0, 0.05) is 31.0 Å². The van der Waals surface area contributed by atoms with Crippen molar-refractivity contribution in [3.05, 3.63) is 54.1 Å². The quantitative estimate of drug-likeness (QED) is 0.637. The molecule has 5 heteroatoms. The molecule has 0 fully saturated rings. The highest BCUT2D eigenvalue weighted by Crippen LogP contribution is 2.17.